The van der Waals surface area contributed by atoms with Gasteiger partial charge in [0.2, 0.25) is 0 Å². The number of ether oxygens (including phenoxy) is 1. The molecule has 1 heterocycles. The zero-order valence-corrected chi connectivity index (χ0v) is 5.73. The fraction of sp³-hybridized carbons (Fsp3) is 0.571. The van der Waals surface area contributed by atoms with Gasteiger partial charge in [-0.2, -0.15) is 0 Å². The summed E-state index contributed by atoms with van der Waals surface area (Å²) in [4.78, 5) is 10.9. The third kappa shape index (κ3) is 0.714. The molecule has 1 aliphatic heterocycles. The number of aliphatic hydroxyl groups is 2. The van der Waals surface area contributed by atoms with Crippen molar-refractivity contribution in [1.82, 2.24) is 0 Å². The van der Waals surface area contributed by atoms with E-state index >= 15 is 0 Å². The van der Waals surface area contributed by atoms with Gasteiger partial charge in [0.1, 0.15) is 6.10 Å². The van der Waals surface area contributed by atoms with E-state index in [-0.39, 0.29) is 12.4 Å². The van der Waals surface area contributed by atoms with Gasteiger partial charge in [-0.15, -0.1) is 0 Å². The van der Waals surface area contributed by atoms with Crippen molar-refractivity contribution in [3.63, 3.8) is 0 Å². The normalized spacial score (nSPS) is 47.3. The highest BCUT2D eigenvalue weighted by molar-refractivity contribution is 5.98. The first-order valence-electron chi connectivity index (χ1n) is 3.39. The van der Waals surface area contributed by atoms with Crippen LogP contribution in [-0.4, -0.2) is 40.4 Å². The summed E-state index contributed by atoms with van der Waals surface area (Å²) in [6, 6.07) is 0. The topological polar surface area (TPSA) is 70.1 Å². The van der Waals surface area contributed by atoms with E-state index in [2.05, 4.69) is 0 Å². The summed E-state index contributed by atoms with van der Waals surface area (Å²) >= 11 is 0. The van der Waals surface area contributed by atoms with Crippen LogP contribution in [0.1, 0.15) is 0 Å². The number of rotatable bonds is 1. The first-order chi connectivity index (χ1) is 5.20. The average Bonchev–Trinajstić information content (AvgIpc) is 2.74. The molecule has 1 fully saturated rings. The van der Waals surface area contributed by atoms with Crippen molar-refractivity contribution in [1.29, 1.82) is 0 Å². The molecule has 0 aromatic carbocycles. The van der Waals surface area contributed by atoms with Crippen LogP contribution in [0.2, 0.25) is 0 Å². The van der Waals surface area contributed by atoms with E-state index < -0.39 is 17.8 Å². The van der Waals surface area contributed by atoms with Gasteiger partial charge in [-0.3, -0.25) is 4.79 Å². The third-order valence-corrected chi connectivity index (χ3v) is 2.17. The molecule has 0 amide bonds. The van der Waals surface area contributed by atoms with Gasteiger partial charge in [0.05, 0.1) is 6.61 Å². The number of carbonyl (C=O) groups excluding carboxylic acids is 1. The minimum atomic E-state index is -1.01. The second kappa shape index (κ2) is 1.91. The molecule has 11 heavy (non-hydrogen) atoms. The molecule has 3 atom stereocenters. The fourth-order valence-corrected chi connectivity index (χ4v) is 1.36. The molecule has 4 nitrogen and oxygen atoms in total. The Labute approximate surface area is 63.1 Å². The van der Waals surface area contributed by atoms with Crippen molar-refractivity contribution in [2.75, 3.05) is 6.61 Å². The van der Waals surface area contributed by atoms with Crippen molar-refractivity contribution in [3.05, 3.63) is 12.2 Å². The summed E-state index contributed by atoms with van der Waals surface area (Å²) in [5.74, 6) is -0.177. The van der Waals surface area contributed by atoms with E-state index in [0.29, 0.717) is 0 Å². The zero-order valence-electron chi connectivity index (χ0n) is 5.73. The summed E-state index contributed by atoms with van der Waals surface area (Å²) in [6.07, 6.45) is 1.17. The molecule has 1 saturated heterocycles. The molecule has 0 unspecified atom stereocenters. The van der Waals surface area contributed by atoms with E-state index in [1.807, 2.05) is 0 Å². The van der Waals surface area contributed by atoms with Crippen LogP contribution in [0.25, 0.3) is 0 Å². The van der Waals surface area contributed by atoms with E-state index in [1.165, 1.54) is 12.2 Å². The number of ketones is 1. The lowest BCUT2D eigenvalue weighted by atomic mass is 9.91. The van der Waals surface area contributed by atoms with Crippen molar-refractivity contribution in [2.45, 2.75) is 17.8 Å². The Bertz CT molecular complexity index is 231. The Morgan fingerprint density at radius 1 is 1.73 bits per heavy atom. The number of carbonyl (C=O) groups is 1. The Morgan fingerprint density at radius 3 is 3.00 bits per heavy atom. The third-order valence-electron chi connectivity index (χ3n) is 2.17. The van der Waals surface area contributed by atoms with Crippen molar-refractivity contribution in [3.8, 4) is 0 Å². The van der Waals surface area contributed by atoms with Gasteiger partial charge in [0, 0.05) is 0 Å². The lowest BCUT2D eigenvalue weighted by molar-refractivity contribution is -0.116. The van der Waals surface area contributed by atoms with Gasteiger partial charge >= 0.3 is 0 Å². The van der Waals surface area contributed by atoms with Crippen LogP contribution in [0.3, 0.4) is 0 Å². The molecule has 0 radical (unpaired) electrons. The van der Waals surface area contributed by atoms with Crippen LogP contribution >= 0.6 is 0 Å². The van der Waals surface area contributed by atoms with Crippen molar-refractivity contribution >= 4 is 5.78 Å². The van der Waals surface area contributed by atoms with Gasteiger partial charge in [0.15, 0.2) is 17.5 Å². The molecule has 2 aliphatic rings. The first-order valence-corrected chi connectivity index (χ1v) is 3.39. The molecule has 0 saturated carbocycles. The second-order valence-electron chi connectivity index (χ2n) is 2.82. The summed E-state index contributed by atoms with van der Waals surface area (Å²) in [5.41, 5.74) is -1.01. The maximum absolute atomic E-state index is 10.9. The SMILES string of the molecule is O=C1C=C[C@@H](O)[C@]2(CO)O[C@H]12. The number of aliphatic hydroxyl groups excluding tert-OH is 2. The molecular weight excluding hydrogens is 148 g/mol. The first kappa shape index (κ1) is 6.97. The molecule has 2 rings (SSSR count). The van der Waals surface area contributed by atoms with Crippen LogP contribution in [0.15, 0.2) is 12.2 Å². The molecule has 0 spiro atoms. The number of epoxide rings is 1. The van der Waals surface area contributed by atoms with Crippen LogP contribution in [-0.2, 0) is 9.53 Å². The van der Waals surface area contributed by atoms with Crippen LogP contribution in [0.4, 0.5) is 0 Å². The monoisotopic (exact) mass is 156 g/mol. The van der Waals surface area contributed by atoms with Crippen molar-refractivity contribution in [2.24, 2.45) is 0 Å². The number of hydrogen-bond donors (Lipinski definition) is 2. The lowest BCUT2D eigenvalue weighted by Crippen LogP contribution is -2.39. The maximum Gasteiger partial charge on any atom is 0.187 e. The summed E-state index contributed by atoms with van der Waals surface area (Å²) in [5, 5.41) is 18.1. The molecule has 1 aliphatic carbocycles. The summed E-state index contributed by atoms with van der Waals surface area (Å²) in [6.45, 7) is -0.311. The Kier molecular flexibility index (Phi) is 1.21. The summed E-state index contributed by atoms with van der Waals surface area (Å²) in [7, 11) is 0. The van der Waals surface area contributed by atoms with Gasteiger partial charge in [0.25, 0.3) is 0 Å². The highest BCUT2D eigenvalue weighted by Gasteiger charge is 2.65. The van der Waals surface area contributed by atoms with E-state index in [0.717, 1.165) is 0 Å². The van der Waals surface area contributed by atoms with Gasteiger partial charge < -0.3 is 14.9 Å². The largest absolute Gasteiger partial charge is 0.393 e. The minimum absolute atomic E-state index is 0.177. The van der Waals surface area contributed by atoms with E-state index in [9.17, 15) is 9.90 Å². The van der Waals surface area contributed by atoms with Gasteiger partial charge in [-0.1, -0.05) is 0 Å². The van der Waals surface area contributed by atoms with Gasteiger partial charge in [-0.05, 0) is 12.2 Å². The number of hydrogen-bond acceptors (Lipinski definition) is 4. The highest BCUT2D eigenvalue weighted by atomic mass is 16.6. The predicted octanol–water partition coefficient (Wildman–Crippen LogP) is -1.38. The molecule has 0 bridgehead atoms. The number of fused-ring (bicyclic) bond motifs is 1. The molecule has 4 heteroatoms. The molecule has 0 aromatic heterocycles. The van der Waals surface area contributed by atoms with Crippen LogP contribution in [0.5, 0.6) is 0 Å². The van der Waals surface area contributed by atoms with Crippen molar-refractivity contribution < 1.29 is 19.7 Å². The molecular formula is C7H8O4. The zero-order chi connectivity index (χ0) is 8.06. The molecule has 2 N–H and O–H groups in total. The Balaban J connectivity index is 2.29. The molecule has 0 aromatic rings. The van der Waals surface area contributed by atoms with E-state index in [1.54, 1.807) is 0 Å². The summed E-state index contributed by atoms with van der Waals surface area (Å²) < 4.78 is 4.93. The lowest BCUT2D eigenvalue weighted by Gasteiger charge is -2.15. The van der Waals surface area contributed by atoms with Gasteiger partial charge in [-0.25, -0.2) is 0 Å². The van der Waals surface area contributed by atoms with E-state index in [4.69, 9.17) is 9.84 Å². The molecule has 60 valence electrons. The van der Waals surface area contributed by atoms with Crippen LogP contribution < -0.4 is 0 Å². The predicted molar refractivity (Wildman–Crippen MR) is 34.8 cm³/mol. The van der Waals surface area contributed by atoms with Crippen LogP contribution in [0, 0.1) is 0 Å². The Morgan fingerprint density at radius 2 is 2.45 bits per heavy atom. The maximum atomic E-state index is 10.9. The average molecular weight is 156 g/mol. The smallest absolute Gasteiger partial charge is 0.187 e. The standard InChI is InChI=1S/C7H8O4/c8-3-7-5(10)2-1-4(9)6(7)11-7/h1-2,5-6,8,10H,3H2/t5-,6-,7+/m1/s1. The second-order valence-corrected chi connectivity index (χ2v) is 2.82. The highest BCUT2D eigenvalue weighted by Crippen LogP contribution is 2.43. The quantitative estimate of drug-likeness (QED) is 0.459. The minimum Gasteiger partial charge on any atom is -0.393 e. The Hall–Kier alpha value is -0.710. The fourth-order valence-electron chi connectivity index (χ4n) is 1.36.